The molecule has 30 heavy (non-hydrogen) atoms. The molecule has 1 aromatic heterocycles. The number of carbonyl (C=O) groups excluding carboxylic acids is 2. The molecule has 2 aromatic carbocycles. The third kappa shape index (κ3) is 5.17. The van der Waals surface area contributed by atoms with Crippen LogP contribution in [0.25, 0.3) is 0 Å². The monoisotopic (exact) mass is 439 g/mol. The molecule has 0 radical (unpaired) electrons. The number of hydrogen-bond donors (Lipinski definition) is 2. The second-order valence-electron chi connectivity index (χ2n) is 6.88. The fourth-order valence-corrected chi connectivity index (χ4v) is 4.92. The van der Waals surface area contributed by atoms with Gasteiger partial charge < -0.3 is 15.5 Å². The number of carbonyl (C=O) groups is 2. The maximum absolute atomic E-state index is 12.6. The third-order valence-corrected chi connectivity index (χ3v) is 6.60. The molecule has 0 atom stereocenters. The van der Waals surface area contributed by atoms with Crippen molar-refractivity contribution >= 4 is 51.4 Å². The van der Waals surface area contributed by atoms with E-state index in [0.717, 1.165) is 23.0 Å². The van der Waals surface area contributed by atoms with Gasteiger partial charge in [0, 0.05) is 31.4 Å². The van der Waals surface area contributed by atoms with E-state index in [4.69, 9.17) is 0 Å². The zero-order chi connectivity index (χ0) is 20.9. The molecule has 3 aromatic rings. The van der Waals surface area contributed by atoms with Crippen molar-refractivity contribution in [3.05, 3.63) is 59.7 Å². The van der Waals surface area contributed by atoms with Crippen LogP contribution >= 0.6 is 23.1 Å². The van der Waals surface area contributed by atoms with Crippen LogP contribution in [0.3, 0.4) is 0 Å². The van der Waals surface area contributed by atoms with Crippen LogP contribution in [0.1, 0.15) is 18.1 Å². The van der Waals surface area contributed by atoms with E-state index in [9.17, 15) is 9.59 Å². The SMILES string of the molecule is CC(=O)Nc1cccc(Nc2nnc(SCC(=O)N3CCc4ccccc4C3)s2)c1. The normalized spacial score (nSPS) is 12.9. The van der Waals surface area contributed by atoms with Gasteiger partial charge in [0.05, 0.1) is 5.75 Å². The van der Waals surface area contributed by atoms with Crippen molar-refractivity contribution in [1.82, 2.24) is 15.1 Å². The molecule has 0 bridgehead atoms. The number of nitrogens with zero attached hydrogens (tertiary/aromatic N) is 3. The molecule has 1 aliphatic heterocycles. The van der Waals surface area contributed by atoms with Gasteiger partial charge in [0.25, 0.3) is 0 Å². The lowest BCUT2D eigenvalue weighted by Crippen LogP contribution is -2.37. The number of amides is 2. The molecule has 0 spiro atoms. The lowest BCUT2D eigenvalue weighted by molar-refractivity contribution is -0.129. The molecule has 0 unspecified atom stereocenters. The standard InChI is InChI=1S/C21H21N5O2S2/c1-14(27)22-17-7-4-8-18(11-17)23-20-24-25-21(30-20)29-13-19(28)26-10-9-15-5-2-3-6-16(15)12-26/h2-8,11H,9-10,12-13H2,1H3,(H,22,27)(H,23,24). The molecule has 154 valence electrons. The summed E-state index contributed by atoms with van der Waals surface area (Å²) in [6.07, 6.45) is 0.900. The summed E-state index contributed by atoms with van der Waals surface area (Å²) >= 11 is 2.80. The topological polar surface area (TPSA) is 87.2 Å². The van der Waals surface area contributed by atoms with Crippen LogP contribution < -0.4 is 10.6 Å². The van der Waals surface area contributed by atoms with Crippen LogP contribution in [0.15, 0.2) is 52.9 Å². The van der Waals surface area contributed by atoms with Crippen LogP contribution in [-0.4, -0.2) is 39.2 Å². The van der Waals surface area contributed by atoms with Gasteiger partial charge >= 0.3 is 0 Å². The first-order valence-electron chi connectivity index (χ1n) is 9.52. The van der Waals surface area contributed by atoms with Gasteiger partial charge in [-0.15, -0.1) is 10.2 Å². The molecule has 2 heterocycles. The maximum atomic E-state index is 12.6. The van der Waals surface area contributed by atoms with Crippen molar-refractivity contribution in [1.29, 1.82) is 0 Å². The van der Waals surface area contributed by atoms with E-state index in [1.807, 2.05) is 41.3 Å². The number of hydrogen-bond acceptors (Lipinski definition) is 7. The van der Waals surface area contributed by atoms with Gasteiger partial charge in [0.1, 0.15) is 0 Å². The van der Waals surface area contributed by atoms with Crippen LogP contribution in [0.4, 0.5) is 16.5 Å². The van der Waals surface area contributed by atoms with Gasteiger partial charge in [0.15, 0.2) is 4.34 Å². The number of benzene rings is 2. The Bertz CT molecular complexity index is 1070. The van der Waals surface area contributed by atoms with E-state index < -0.39 is 0 Å². The van der Waals surface area contributed by atoms with Crippen LogP contribution in [0.5, 0.6) is 0 Å². The van der Waals surface area contributed by atoms with E-state index in [0.29, 0.717) is 23.1 Å². The first-order valence-corrected chi connectivity index (χ1v) is 11.3. The lowest BCUT2D eigenvalue weighted by Gasteiger charge is -2.28. The summed E-state index contributed by atoms with van der Waals surface area (Å²) in [7, 11) is 0. The van der Waals surface area contributed by atoms with Crippen molar-refractivity contribution in [2.24, 2.45) is 0 Å². The van der Waals surface area contributed by atoms with Gasteiger partial charge in [-0.25, -0.2) is 0 Å². The molecular weight excluding hydrogens is 418 g/mol. The minimum absolute atomic E-state index is 0.113. The van der Waals surface area contributed by atoms with Crippen LogP contribution in [-0.2, 0) is 22.6 Å². The van der Waals surface area contributed by atoms with Crippen molar-refractivity contribution in [3.63, 3.8) is 0 Å². The first-order chi connectivity index (χ1) is 14.6. The predicted octanol–water partition coefficient (Wildman–Crippen LogP) is 3.92. The van der Waals surface area contributed by atoms with E-state index >= 15 is 0 Å². The molecular formula is C21H21N5O2S2. The molecule has 9 heteroatoms. The molecule has 0 aliphatic carbocycles. The zero-order valence-corrected chi connectivity index (χ0v) is 18.1. The first kappa shape index (κ1) is 20.4. The van der Waals surface area contributed by atoms with Crippen molar-refractivity contribution in [2.45, 2.75) is 24.2 Å². The minimum Gasteiger partial charge on any atom is -0.337 e. The highest BCUT2D eigenvalue weighted by Crippen LogP contribution is 2.29. The van der Waals surface area contributed by atoms with E-state index in [1.165, 1.54) is 41.1 Å². The summed E-state index contributed by atoms with van der Waals surface area (Å²) in [5.41, 5.74) is 4.07. The Kier molecular flexibility index (Phi) is 6.29. The van der Waals surface area contributed by atoms with Crippen LogP contribution in [0, 0.1) is 0 Å². The van der Waals surface area contributed by atoms with E-state index in [2.05, 4.69) is 33.0 Å². The Balaban J connectivity index is 1.31. The molecule has 7 nitrogen and oxygen atoms in total. The zero-order valence-electron chi connectivity index (χ0n) is 16.4. The molecule has 2 amide bonds. The van der Waals surface area contributed by atoms with E-state index in [-0.39, 0.29) is 11.8 Å². The smallest absolute Gasteiger partial charge is 0.233 e. The van der Waals surface area contributed by atoms with Gasteiger partial charge in [-0.1, -0.05) is 53.4 Å². The fraction of sp³-hybridized carbons (Fsp3) is 0.238. The van der Waals surface area contributed by atoms with Gasteiger partial charge in [0.2, 0.25) is 16.9 Å². The summed E-state index contributed by atoms with van der Waals surface area (Å²) in [4.78, 5) is 25.7. The average molecular weight is 440 g/mol. The van der Waals surface area contributed by atoms with E-state index in [1.54, 1.807) is 0 Å². The lowest BCUT2D eigenvalue weighted by atomic mass is 10.00. The highest BCUT2D eigenvalue weighted by atomic mass is 32.2. The molecule has 2 N–H and O–H groups in total. The van der Waals surface area contributed by atoms with Crippen molar-refractivity contribution in [3.8, 4) is 0 Å². The molecule has 0 saturated heterocycles. The number of rotatable bonds is 6. The summed E-state index contributed by atoms with van der Waals surface area (Å²) in [5, 5.41) is 14.9. The number of anilines is 3. The Labute approximate surface area is 182 Å². The minimum atomic E-state index is -0.122. The van der Waals surface area contributed by atoms with Crippen LogP contribution in [0.2, 0.25) is 0 Å². The fourth-order valence-electron chi connectivity index (χ4n) is 3.24. The Hall–Kier alpha value is -2.91. The number of aromatic nitrogens is 2. The van der Waals surface area contributed by atoms with Crippen molar-refractivity contribution in [2.75, 3.05) is 22.9 Å². The molecule has 0 fully saturated rings. The molecule has 4 rings (SSSR count). The Morgan fingerprint density at radius 1 is 1.10 bits per heavy atom. The largest absolute Gasteiger partial charge is 0.337 e. The highest BCUT2D eigenvalue weighted by molar-refractivity contribution is 8.01. The second kappa shape index (κ2) is 9.27. The summed E-state index contributed by atoms with van der Waals surface area (Å²) < 4.78 is 0.737. The third-order valence-electron chi connectivity index (χ3n) is 4.64. The summed E-state index contributed by atoms with van der Waals surface area (Å²) in [5.74, 6) is 0.334. The number of thioether (sulfide) groups is 1. The maximum Gasteiger partial charge on any atom is 0.233 e. The van der Waals surface area contributed by atoms with Gasteiger partial charge in [-0.2, -0.15) is 0 Å². The van der Waals surface area contributed by atoms with Gasteiger partial charge in [-0.3, -0.25) is 9.59 Å². The predicted molar refractivity (Wildman–Crippen MR) is 120 cm³/mol. The number of nitrogens with one attached hydrogen (secondary N) is 2. The Morgan fingerprint density at radius 2 is 1.90 bits per heavy atom. The second-order valence-corrected chi connectivity index (χ2v) is 9.08. The average Bonchev–Trinajstić information content (AvgIpc) is 3.18. The van der Waals surface area contributed by atoms with Crippen molar-refractivity contribution < 1.29 is 9.59 Å². The number of fused-ring (bicyclic) bond motifs is 1. The molecule has 1 aliphatic rings. The van der Waals surface area contributed by atoms with Gasteiger partial charge in [-0.05, 0) is 35.7 Å². The summed E-state index contributed by atoms with van der Waals surface area (Å²) in [6, 6.07) is 15.7. The highest BCUT2D eigenvalue weighted by Gasteiger charge is 2.20. The Morgan fingerprint density at radius 3 is 2.73 bits per heavy atom. The quantitative estimate of drug-likeness (QED) is 0.566. The summed E-state index contributed by atoms with van der Waals surface area (Å²) in [6.45, 7) is 2.89. The molecule has 0 saturated carbocycles.